The summed E-state index contributed by atoms with van der Waals surface area (Å²) in [5, 5.41) is 2.99. The smallest absolute Gasteiger partial charge is 0.321 e. The molecule has 1 fully saturated rings. The maximum absolute atomic E-state index is 12.4. The first kappa shape index (κ1) is 13.7. The molecule has 3 nitrogen and oxygen atoms in total. The number of hydrogen-bond donors (Lipinski definition) is 1. The van der Waals surface area contributed by atoms with E-state index in [1.807, 2.05) is 41.3 Å². The number of anilines is 1. The van der Waals surface area contributed by atoms with Gasteiger partial charge in [-0.15, -0.1) is 0 Å². The Balaban J connectivity index is 1.65. The van der Waals surface area contributed by atoms with Crippen LogP contribution in [0.25, 0.3) is 0 Å². The van der Waals surface area contributed by atoms with Gasteiger partial charge >= 0.3 is 6.03 Å². The van der Waals surface area contributed by atoms with Crippen molar-refractivity contribution >= 4 is 11.7 Å². The Hall–Kier alpha value is -2.29. The number of amides is 2. The summed E-state index contributed by atoms with van der Waals surface area (Å²) in [5.41, 5.74) is 2.15. The SMILES string of the molecule is O=C(Nc1ccccc1)N1CCC[C@@H]1Cc1ccccc1. The first-order chi connectivity index (χ1) is 10.3. The molecule has 3 rings (SSSR count). The Bertz CT molecular complexity index is 583. The third-order valence-electron chi connectivity index (χ3n) is 3.98. The number of benzene rings is 2. The van der Waals surface area contributed by atoms with E-state index in [2.05, 4.69) is 29.6 Å². The minimum atomic E-state index is 0.0135. The van der Waals surface area contributed by atoms with Crippen molar-refractivity contribution in [2.24, 2.45) is 0 Å². The fraction of sp³-hybridized carbons (Fsp3) is 0.278. The number of urea groups is 1. The zero-order valence-corrected chi connectivity index (χ0v) is 12.0. The van der Waals surface area contributed by atoms with Crippen molar-refractivity contribution in [1.29, 1.82) is 0 Å². The summed E-state index contributed by atoms with van der Waals surface area (Å²) in [6.45, 7) is 0.843. The Morgan fingerprint density at radius 1 is 1.05 bits per heavy atom. The van der Waals surface area contributed by atoms with Crippen LogP contribution in [0.15, 0.2) is 60.7 Å². The summed E-state index contributed by atoms with van der Waals surface area (Å²) >= 11 is 0. The quantitative estimate of drug-likeness (QED) is 0.908. The van der Waals surface area contributed by atoms with Gasteiger partial charge in [0.2, 0.25) is 0 Å². The van der Waals surface area contributed by atoms with Crippen LogP contribution in [0.4, 0.5) is 10.5 Å². The molecule has 0 aromatic heterocycles. The van der Waals surface area contributed by atoms with Crippen LogP contribution in [0.3, 0.4) is 0 Å². The molecular weight excluding hydrogens is 260 g/mol. The van der Waals surface area contributed by atoms with Gasteiger partial charge in [-0.3, -0.25) is 0 Å². The minimum absolute atomic E-state index is 0.0135. The summed E-state index contributed by atoms with van der Waals surface area (Å²) in [6.07, 6.45) is 3.10. The van der Waals surface area contributed by atoms with Crippen molar-refractivity contribution in [2.75, 3.05) is 11.9 Å². The highest BCUT2D eigenvalue weighted by molar-refractivity contribution is 5.89. The minimum Gasteiger partial charge on any atom is -0.321 e. The van der Waals surface area contributed by atoms with Crippen molar-refractivity contribution in [3.05, 3.63) is 66.2 Å². The Morgan fingerprint density at radius 2 is 1.71 bits per heavy atom. The van der Waals surface area contributed by atoms with E-state index in [0.29, 0.717) is 6.04 Å². The van der Waals surface area contributed by atoms with Gasteiger partial charge in [-0.2, -0.15) is 0 Å². The third-order valence-corrected chi connectivity index (χ3v) is 3.98. The second-order valence-electron chi connectivity index (χ2n) is 5.48. The van der Waals surface area contributed by atoms with Gasteiger partial charge in [0.25, 0.3) is 0 Å². The van der Waals surface area contributed by atoms with Gasteiger partial charge in [-0.05, 0) is 37.0 Å². The van der Waals surface area contributed by atoms with Crippen molar-refractivity contribution in [3.63, 3.8) is 0 Å². The number of hydrogen-bond acceptors (Lipinski definition) is 1. The molecule has 1 aliphatic rings. The van der Waals surface area contributed by atoms with Gasteiger partial charge in [0, 0.05) is 18.3 Å². The molecule has 1 aliphatic heterocycles. The highest BCUT2D eigenvalue weighted by Gasteiger charge is 2.28. The van der Waals surface area contributed by atoms with Crippen molar-refractivity contribution in [2.45, 2.75) is 25.3 Å². The standard InChI is InChI=1S/C18H20N2O/c21-18(19-16-10-5-2-6-11-16)20-13-7-12-17(20)14-15-8-3-1-4-9-15/h1-6,8-11,17H,7,12-14H2,(H,19,21)/t17-/m1/s1. The van der Waals surface area contributed by atoms with Crippen LogP contribution < -0.4 is 5.32 Å². The monoisotopic (exact) mass is 280 g/mol. The van der Waals surface area contributed by atoms with Gasteiger partial charge in [0.1, 0.15) is 0 Å². The summed E-state index contributed by atoms with van der Waals surface area (Å²) < 4.78 is 0. The number of nitrogens with one attached hydrogen (secondary N) is 1. The fourth-order valence-electron chi connectivity index (χ4n) is 2.92. The summed E-state index contributed by atoms with van der Waals surface area (Å²) in [6, 6.07) is 20.4. The molecule has 2 amide bonds. The van der Waals surface area contributed by atoms with Gasteiger partial charge in [0.15, 0.2) is 0 Å². The van der Waals surface area contributed by atoms with Crippen LogP contribution >= 0.6 is 0 Å². The fourth-order valence-corrected chi connectivity index (χ4v) is 2.92. The van der Waals surface area contributed by atoms with E-state index in [4.69, 9.17) is 0 Å². The molecule has 0 radical (unpaired) electrons. The number of rotatable bonds is 3. The average Bonchev–Trinajstić information content (AvgIpc) is 2.97. The van der Waals surface area contributed by atoms with Crippen LogP contribution in [0.1, 0.15) is 18.4 Å². The molecule has 2 aromatic rings. The lowest BCUT2D eigenvalue weighted by Crippen LogP contribution is -2.39. The molecule has 0 saturated carbocycles. The number of carbonyl (C=O) groups is 1. The molecule has 0 bridgehead atoms. The van der Waals surface area contributed by atoms with Gasteiger partial charge in [-0.25, -0.2) is 4.79 Å². The molecule has 108 valence electrons. The Morgan fingerprint density at radius 3 is 2.43 bits per heavy atom. The molecule has 0 unspecified atom stereocenters. The van der Waals surface area contributed by atoms with Crippen LogP contribution in [0.5, 0.6) is 0 Å². The van der Waals surface area contributed by atoms with Gasteiger partial charge in [-0.1, -0.05) is 48.5 Å². The molecule has 1 saturated heterocycles. The molecule has 0 spiro atoms. The van der Waals surface area contributed by atoms with E-state index < -0.39 is 0 Å². The topological polar surface area (TPSA) is 32.3 Å². The highest BCUT2D eigenvalue weighted by Crippen LogP contribution is 2.22. The van der Waals surface area contributed by atoms with Gasteiger partial charge in [0.05, 0.1) is 0 Å². The second kappa shape index (κ2) is 6.44. The van der Waals surface area contributed by atoms with Gasteiger partial charge < -0.3 is 10.2 Å². The lowest BCUT2D eigenvalue weighted by Gasteiger charge is -2.25. The van der Waals surface area contributed by atoms with Crippen LogP contribution in [0, 0.1) is 0 Å². The zero-order valence-electron chi connectivity index (χ0n) is 12.0. The van der Waals surface area contributed by atoms with Crippen molar-refractivity contribution in [1.82, 2.24) is 4.90 Å². The van der Waals surface area contributed by atoms with E-state index in [0.717, 1.165) is 31.5 Å². The molecule has 2 aromatic carbocycles. The number of likely N-dealkylation sites (tertiary alicyclic amines) is 1. The summed E-state index contributed by atoms with van der Waals surface area (Å²) in [5.74, 6) is 0. The predicted molar refractivity (Wildman–Crippen MR) is 85.3 cm³/mol. The first-order valence-corrected chi connectivity index (χ1v) is 7.49. The molecule has 1 atom stereocenters. The molecule has 3 heteroatoms. The molecule has 1 N–H and O–H groups in total. The molecule has 21 heavy (non-hydrogen) atoms. The average molecular weight is 280 g/mol. The Kier molecular flexibility index (Phi) is 4.20. The van der Waals surface area contributed by atoms with Crippen molar-refractivity contribution < 1.29 is 4.79 Å². The van der Waals surface area contributed by atoms with Crippen LogP contribution in [-0.2, 0) is 6.42 Å². The number of nitrogens with zero attached hydrogens (tertiary/aromatic N) is 1. The van der Waals surface area contributed by atoms with E-state index in [-0.39, 0.29) is 6.03 Å². The van der Waals surface area contributed by atoms with Crippen LogP contribution in [0.2, 0.25) is 0 Å². The van der Waals surface area contributed by atoms with Crippen LogP contribution in [-0.4, -0.2) is 23.5 Å². The maximum Gasteiger partial charge on any atom is 0.322 e. The van der Waals surface area contributed by atoms with E-state index in [9.17, 15) is 4.79 Å². The highest BCUT2D eigenvalue weighted by atomic mass is 16.2. The number of carbonyl (C=O) groups excluding carboxylic acids is 1. The lowest BCUT2D eigenvalue weighted by atomic mass is 10.0. The lowest BCUT2D eigenvalue weighted by molar-refractivity contribution is 0.206. The normalized spacial score (nSPS) is 17.7. The van der Waals surface area contributed by atoms with E-state index >= 15 is 0 Å². The first-order valence-electron chi connectivity index (χ1n) is 7.49. The second-order valence-corrected chi connectivity index (χ2v) is 5.48. The summed E-state index contributed by atoms with van der Waals surface area (Å²) in [4.78, 5) is 14.4. The zero-order chi connectivity index (χ0) is 14.5. The molecule has 0 aliphatic carbocycles. The predicted octanol–water partition coefficient (Wildman–Crippen LogP) is 3.93. The van der Waals surface area contributed by atoms with E-state index in [1.165, 1.54) is 5.56 Å². The van der Waals surface area contributed by atoms with E-state index in [1.54, 1.807) is 0 Å². The maximum atomic E-state index is 12.4. The summed E-state index contributed by atoms with van der Waals surface area (Å²) in [7, 11) is 0. The Labute approximate surface area is 125 Å². The third kappa shape index (κ3) is 3.43. The molecule has 1 heterocycles. The molecular formula is C18H20N2O. The largest absolute Gasteiger partial charge is 0.322 e. The number of para-hydroxylation sites is 1. The van der Waals surface area contributed by atoms with Crippen molar-refractivity contribution in [3.8, 4) is 0 Å².